The summed E-state index contributed by atoms with van der Waals surface area (Å²) in [7, 11) is -3.80. The third-order valence-corrected chi connectivity index (χ3v) is 7.12. The molecule has 1 aliphatic carbocycles. The molecule has 0 fully saturated rings. The number of benzene rings is 1. The van der Waals surface area contributed by atoms with Crippen molar-refractivity contribution in [3.8, 4) is 0 Å². The van der Waals surface area contributed by atoms with E-state index in [1.807, 2.05) is 13.0 Å². The molecule has 25 heavy (non-hydrogen) atoms. The minimum absolute atomic E-state index is 0.165. The van der Waals surface area contributed by atoms with Gasteiger partial charge in [-0.3, -0.25) is 10.2 Å². The molecule has 0 aliphatic heterocycles. The first-order valence-electron chi connectivity index (χ1n) is 8.27. The van der Waals surface area contributed by atoms with Crippen LogP contribution in [0.3, 0.4) is 0 Å². The maximum absolute atomic E-state index is 12.4. The van der Waals surface area contributed by atoms with Gasteiger partial charge < -0.3 is 0 Å². The molecule has 1 heterocycles. The summed E-state index contributed by atoms with van der Waals surface area (Å²) in [6.07, 6.45) is 3.10. The Morgan fingerprint density at radius 1 is 1.24 bits per heavy atom. The van der Waals surface area contributed by atoms with E-state index in [4.69, 9.17) is 0 Å². The Kier molecular flexibility index (Phi) is 4.99. The third kappa shape index (κ3) is 3.94. The van der Waals surface area contributed by atoms with Gasteiger partial charge in [-0.1, -0.05) is 24.6 Å². The number of hydrogen-bond donors (Lipinski definition) is 2. The van der Waals surface area contributed by atoms with Crippen LogP contribution < -0.4 is 10.3 Å². The van der Waals surface area contributed by atoms with Gasteiger partial charge in [0.25, 0.3) is 15.9 Å². The minimum Gasteiger partial charge on any atom is -0.273 e. The van der Waals surface area contributed by atoms with Crippen LogP contribution in [0.1, 0.15) is 44.6 Å². The standard InChI is InChI=1S/C18H22N2O3S2/c1-11-5-7-17(13(3)8-11)25(22,23)20-19-18(21)16-10-14-9-12(2)4-6-15(14)24-16/h5,7-8,10,12,20H,4,6,9H2,1-3H3,(H,19,21). The van der Waals surface area contributed by atoms with Crippen LogP contribution in [0.4, 0.5) is 0 Å². The smallest absolute Gasteiger partial charge is 0.273 e. The molecule has 1 unspecified atom stereocenters. The van der Waals surface area contributed by atoms with Gasteiger partial charge in [-0.05, 0) is 62.3 Å². The first-order valence-corrected chi connectivity index (χ1v) is 10.6. The lowest BCUT2D eigenvalue weighted by atomic mass is 9.90. The maximum atomic E-state index is 12.4. The molecular formula is C18H22N2O3S2. The number of fused-ring (bicyclic) bond motifs is 1. The fraction of sp³-hybridized carbons (Fsp3) is 0.389. The summed E-state index contributed by atoms with van der Waals surface area (Å²) in [5.41, 5.74) is 5.17. The lowest BCUT2D eigenvalue weighted by Gasteiger charge is -2.16. The zero-order valence-corrected chi connectivity index (χ0v) is 16.2. The van der Waals surface area contributed by atoms with Gasteiger partial charge in [0.05, 0.1) is 9.77 Å². The summed E-state index contributed by atoms with van der Waals surface area (Å²) in [5.74, 6) is 0.210. The minimum atomic E-state index is -3.80. The van der Waals surface area contributed by atoms with E-state index in [0.717, 1.165) is 24.8 Å². The number of rotatable bonds is 4. The Labute approximate surface area is 152 Å². The van der Waals surface area contributed by atoms with Gasteiger partial charge in [0.1, 0.15) is 0 Å². The fourth-order valence-electron chi connectivity index (χ4n) is 3.15. The van der Waals surface area contributed by atoms with E-state index in [-0.39, 0.29) is 4.90 Å². The van der Waals surface area contributed by atoms with Crippen molar-refractivity contribution < 1.29 is 13.2 Å². The van der Waals surface area contributed by atoms with Crippen LogP contribution in [0.5, 0.6) is 0 Å². The van der Waals surface area contributed by atoms with Crippen molar-refractivity contribution in [1.29, 1.82) is 0 Å². The summed E-state index contributed by atoms with van der Waals surface area (Å²) in [5, 5.41) is 0. The van der Waals surface area contributed by atoms with Crippen molar-refractivity contribution in [2.75, 3.05) is 0 Å². The van der Waals surface area contributed by atoms with E-state index in [1.54, 1.807) is 25.1 Å². The Morgan fingerprint density at radius 3 is 2.72 bits per heavy atom. The number of amides is 1. The summed E-state index contributed by atoms with van der Waals surface area (Å²) >= 11 is 1.45. The molecule has 0 saturated heterocycles. The van der Waals surface area contributed by atoms with Gasteiger partial charge in [0, 0.05) is 4.88 Å². The summed E-state index contributed by atoms with van der Waals surface area (Å²) in [4.78, 5) is 16.5. The quantitative estimate of drug-likeness (QED) is 0.803. The van der Waals surface area contributed by atoms with E-state index in [1.165, 1.54) is 21.8 Å². The van der Waals surface area contributed by atoms with Gasteiger partial charge in [-0.25, -0.2) is 8.42 Å². The molecule has 0 saturated carbocycles. The number of thiophene rings is 1. The van der Waals surface area contributed by atoms with Crippen LogP contribution in [0.2, 0.25) is 0 Å². The Morgan fingerprint density at radius 2 is 2.00 bits per heavy atom. The van der Waals surface area contributed by atoms with Crippen molar-refractivity contribution in [3.63, 3.8) is 0 Å². The molecule has 2 N–H and O–H groups in total. The Hall–Kier alpha value is -1.70. The second-order valence-corrected chi connectivity index (χ2v) is 9.52. The molecule has 0 bridgehead atoms. The van der Waals surface area contributed by atoms with E-state index >= 15 is 0 Å². The van der Waals surface area contributed by atoms with E-state index in [2.05, 4.69) is 17.2 Å². The topological polar surface area (TPSA) is 75.3 Å². The average molecular weight is 379 g/mol. The van der Waals surface area contributed by atoms with Gasteiger partial charge in [0.2, 0.25) is 0 Å². The predicted molar refractivity (Wildman–Crippen MR) is 99.2 cm³/mol. The maximum Gasteiger partial charge on any atom is 0.276 e. The highest BCUT2D eigenvalue weighted by Gasteiger charge is 2.22. The summed E-state index contributed by atoms with van der Waals surface area (Å²) in [6, 6.07) is 6.96. The van der Waals surface area contributed by atoms with Crippen molar-refractivity contribution in [2.45, 2.75) is 44.9 Å². The number of carbonyl (C=O) groups excluding carboxylic acids is 1. The lowest BCUT2D eigenvalue weighted by Crippen LogP contribution is -2.41. The highest BCUT2D eigenvalue weighted by molar-refractivity contribution is 7.89. The molecule has 0 radical (unpaired) electrons. The van der Waals surface area contributed by atoms with E-state index < -0.39 is 15.9 Å². The largest absolute Gasteiger partial charge is 0.276 e. The number of hydrogen-bond acceptors (Lipinski definition) is 4. The van der Waals surface area contributed by atoms with Crippen LogP contribution in [-0.4, -0.2) is 14.3 Å². The SMILES string of the molecule is Cc1ccc(S(=O)(=O)NNC(=O)c2cc3c(s2)CCC(C)C3)c(C)c1. The van der Waals surface area contributed by atoms with Crippen LogP contribution in [0, 0.1) is 19.8 Å². The molecule has 1 aliphatic rings. The molecule has 1 aromatic carbocycles. The van der Waals surface area contributed by atoms with Crippen molar-refractivity contribution in [3.05, 3.63) is 50.7 Å². The predicted octanol–water partition coefficient (Wildman–Crippen LogP) is 3.11. The highest BCUT2D eigenvalue weighted by Crippen LogP contribution is 2.32. The van der Waals surface area contributed by atoms with Gasteiger partial charge in [-0.2, -0.15) is 0 Å². The molecule has 5 nitrogen and oxygen atoms in total. The molecule has 1 aromatic heterocycles. The van der Waals surface area contributed by atoms with Crippen molar-refractivity contribution in [1.82, 2.24) is 10.3 Å². The molecular weight excluding hydrogens is 356 g/mol. The highest BCUT2D eigenvalue weighted by atomic mass is 32.2. The molecule has 2 aromatic rings. The normalized spacial score (nSPS) is 17.2. The van der Waals surface area contributed by atoms with Crippen LogP contribution in [-0.2, 0) is 22.9 Å². The zero-order chi connectivity index (χ0) is 18.2. The lowest BCUT2D eigenvalue weighted by molar-refractivity contribution is 0.0949. The zero-order valence-electron chi connectivity index (χ0n) is 14.5. The first kappa shape index (κ1) is 18.1. The fourth-order valence-corrected chi connectivity index (χ4v) is 5.32. The van der Waals surface area contributed by atoms with E-state index in [0.29, 0.717) is 16.4 Å². The van der Waals surface area contributed by atoms with Crippen molar-refractivity contribution >= 4 is 27.3 Å². The Balaban J connectivity index is 1.71. The third-order valence-electron chi connectivity index (χ3n) is 4.47. The van der Waals surface area contributed by atoms with Crippen molar-refractivity contribution in [2.24, 2.45) is 5.92 Å². The molecule has 3 rings (SSSR count). The molecule has 1 atom stereocenters. The van der Waals surface area contributed by atoms with E-state index in [9.17, 15) is 13.2 Å². The monoisotopic (exact) mass is 378 g/mol. The number of hydrazine groups is 1. The first-order chi connectivity index (χ1) is 11.8. The van der Waals surface area contributed by atoms with Crippen LogP contribution in [0.15, 0.2) is 29.2 Å². The second kappa shape index (κ2) is 6.90. The molecule has 134 valence electrons. The molecule has 0 spiro atoms. The van der Waals surface area contributed by atoms with Gasteiger partial charge in [-0.15, -0.1) is 16.2 Å². The number of nitrogens with one attached hydrogen (secondary N) is 2. The molecule has 7 heteroatoms. The average Bonchev–Trinajstić information content (AvgIpc) is 2.95. The number of sulfonamides is 1. The molecule has 1 amide bonds. The van der Waals surface area contributed by atoms with Gasteiger partial charge >= 0.3 is 0 Å². The summed E-state index contributed by atoms with van der Waals surface area (Å²) in [6.45, 7) is 5.84. The number of carbonyl (C=O) groups is 1. The Bertz CT molecular complexity index is 916. The second-order valence-electron chi connectivity index (χ2n) is 6.74. The number of aryl methyl sites for hydroxylation is 3. The summed E-state index contributed by atoms with van der Waals surface area (Å²) < 4.78 is 24.8. The van der Waals surface area contributed by atoms with Gasteiger partial charge in [0.15, 0.2) is 0 Å². The van der Waals surface area contributed by atoms with Crippen LogP contribution >= 0.6 is 11.3 Å². The van der Waals surface area contributed by atoms with Crippen LogP contribution in [0.25, 0.3) is 0 Å².